The highest BCUT2D eigenvalue weighted by Gasteiger charge is 2.14. The van der Waals surface area contributed by atoms with E-state index in [9.17, 15) is 9.59 Å². The molecule has 154 valence electrons. The maximum Gasteiger partial charge on any atom is 0.329 e. The van der Waals surface area contributed by atoms with Crippen LogP contribution in [0.25, 0.3) is 5.69 Å². The van der Waals surface area contributed by atoms with Crippen molar-refractivity contribution < 1.29 is 9.59 Å². The lowest BCUT2D eigenvalue weighted by Gasteiger charge is -2.09. The molecule has 0 atom stereocenters. The highest BCUT2D eigenvalue weighted by atomic mass is 79.9. The van der Waals surface area contributed by atoms with Crippen LogP contribution in [0.2, 0.25) is 10.0 Å². The third-order valence-electron chi connectivity index (χ3n) is 4.31. The standard InChI is InChI=1S/C21H17BrCl2N4O2/c1-12-9-14(13(2)28(12)17-6-3-15(22)4-7-17)11-25-27-21(30)20(29)26-16-5-8-18(23)19(24)10-16/h3-11H,1-2H3,(H,26,29)(H,27,30)/b25-11-. The number of nitrogens with zero attached hydrogens (tertiary/aromatic N) is 2. The first-order valence-electron chi connectivity index (χ1n) is 8.80. The highest BCUT2D eigenvalue weighted by Crippen LogP contribution is 2.25. The molecule has 0 unspecified atom stereocenters. The Kier molecular flexibility index (Phi) is 6.97. The molecule has 3 aromatic rings. The smallest absolute Gasteiger partial charge is 0.318 e. The fourth-order valence-corrected chi connectivity index (χ4v) is 3.44. The van der Waals surface area contributed by atoms with Crippen LogP contribution >= 0.6 is 39.1 Å². The maximum atomic E-state index is 12.0. The van der Waals surface area contributed by atoms with Gasteiger partial charge in [-0.05, 0) is 62.4 Å². The van der Waals surface area contributed by atoms with Gasteiger partial charge in [0.2, 0.25) is 0 Å². The predicted octanol–water partition coefficient (Wildman–Crippen LogP) is 5.25. The van der Waals surface area contributed by atoms with E-state index in [4.69, 9.17) is 23.2 Å². The van der Waals surface area contributed by atoms with Gasteiger partial charge < -0.3 is 9.88 Å². The Bertz CT molecular complexity index is 1140. The van der Waals surface area contributed by atoms with E-state index < -0.39 is 11.8 Å². The number of rotatable bonds is 4. The molecule has 2 N–H and O–H groups in total. The van der Waals surface area contributed by atoms with Gasteiger partial charge in [0.15, 0.2) is 0 Å². The topological polar surface area (TPSA) is 75.5 Å². The van der Waals surface area contributed by atoms with E-state index in [-0.39, 0.29) is 5.02 Å². The van der Waals surface area contributed by atoms with E-state index in [0.29, 0.717) is 10.7 Å². The van der Waals surface area contributed by atoms with E-state index >= 15 is 0 Å². The normalized spacial score (nSPS) is 11.0. The van der Waals surface area contributed by atoms with Gasteiger partial charge in [0.25, 0.3) is 0 Å². The summed E-state index contributed by atoms with van der Waals surface area (Å²) < 4.78 is 3.07. The first-order valence-corrected chi connectivity index (χ1v) is 10.4. The van der Waals surface area contributed by atoms with Crippen LogP contribution in [-0.2, 0) is 9.59 Å². The summed E-state index contributed by atoms with van der Waals surface area (Å²) in [6.45, 7) is 3.94. The van der Waals surface area contributed by atoms with Crippen molar-refractivity contribution in [1.82, 2.24) is 9.99 Å². The van der Waals surface area contributed by atoms with E-state index in [2.05, 4.69) is 36.3 Å². The van der Waals surface area contributed by atoms with Crippen LogP contribution in [0.1, 0.15) is 17.0 Å². The van der Waals surface area contributed by atoms with Crippen molar-refractivity contribution in [2.24, 2.45) is 5.10 Å². The first kappa shape index (κ1) is 22.1. The molecule has 0 saturated carbocycles. The summed E-state index contributed by atoms with van der Waals surface area (Å²) in [5, 5.41) is 6.96. The Balaban J connectivity index is 1.66. The number of aromatic nitrogens is 1. The van der Waals surface area contributed by atoms with Crippen molar-refractivity contribution in [2.75, 3.05) is 5.32 Å². The lowest BCUT2D eigenvalue weighted by atomic mass is 10.2. The van der Waals surface area contributed by atoms with Crippen LogP contribution in [0, 0.1) is 13.8 Å². The lowest BCUT2D eigenvalue weighted by Crippen LogP contribution is -2.32. The van der Waals surface area contributed by atoms with Gasteiger partial charge in [0.1, 0.15) is 0 Å². The molecule has 0 fully saturated rings. The van der Waals surface area contributed by atoms with E-state index in [1.165, 1.54) is 18.3 Å². The molecule has 0 aliphatic heterocycles. The summed E-state index contributed by atoms with van der Waals surface area (Å²) in [6, 6.07) is 14.4. The number of aryl methyl sites for hydroxylation is 1. The van der Waals surface area contributed by atoms with Gasteiger partial charge >= 0.3 is 11.8 Å². The average Bonchev–Trinajstić information content (AvgIpc) is 2.99. The molecule has 1 heterocycles. The minimum atomic E-state index is -0.904. The predicted molar refractivity (Wildman–Crippen MR) is 124 cm³/mol. The molecule has 0 aliphatic carbocycles. The first-order chi connectivity index (χ1) is 14.3. The quantitative estimate of drug-likeness (QED) is 0.287. The Labute approximate surface area is 192 Å². The molecule has 0 aliphatic rings. The van der Waals surface area contributed by atoms with Gasteiger partial charge in [-0.15, -0.1) is 0 Å². The Morgan fingerprint density at radius 1 is 1.00 bits per heavy atom. The largest absolute Gasteiger partial charge is 0.329 e. The van der Waals surface area contributed by atoms with Crippen molar-refractivity contribution in [3.8, 4) is 5.69 Å². The van der Waals surface area contributed by atoms with Gasteiger partial charge in [-0.25, -0.2) is 5.43 Å². The summed E-state index contributed by atoms with van der Waals surface area (Å²) in [5.74, 6) is -1.77. The van der Waals surface area contributed by atoms with E-state index in [1.54, 1.807) is 6.07 Å². The Hall–Kier alpha value is -2.61. The number of carbonyl (C=O) groups is 2. The SMILES string of the molecule is Cc1cc(/C=N\NC(=O)C(=O)Nc2ccc(Cl)c(Cl)c2)c(C)n1-c1ccc(Br)cc1. The molecule has 2 amide bonds. The lowest BCUT2D eigenvalue weighted by molar-refractivity contribution is -0.136. The van der Waals surface area contributed by atoms with Crippen LogP contribution in [-0.4, -0.2) is 22.6 Å². The summed E-state index contributed by atoms with van der Waals surface area (Å²) in [5.41, 5.74) is 6.38. The number of hydrogen-bond donors (Lipinski definition) is 2. The number of amides is 2. The number of halogens is 3. The Morgan fingerprint density at radius 2 is 1.70 bits per heavy atom. The number of hydrogen-bond acceptors (Lipinski definition) is 3. The molecular formula is C21H17BrCl2N4O2. The van der Waals surface area contributed by atoms with Crippen LogP contribution in [0.4, 0.5) is 5.69 Å². The number of carbonyl (C=O) groups excluding carboxylic acids is 2. The third-order valence-corrected chi connectivity index (χ3v) is 5.58. The van der Waals surface area contributed by atoms with Crippen LogP contribution in [0.15, 0.2) is 58.1 Å². The minimum Gasteiger partial charge on any atom is -0.318 e. The zero-order chi connectivity index (χ0) is 21.8. The van der Waals surface area contributed by atoms with Gasteiger partial charge in [0, 0.05) is 32.8 Å². The van der Waals surface area contributed by atoms with E-state index in [1.807, 2.05) is 44.2 Å². The van der Waals surface area contributed by atoms with Crippen molar-refractivity contribution in [1.29, 1.82) is 0 Å². The van der Waals surface area contributed by atoms with Crippen molar-refractivity contribution in [2.45, 2.75) is 13.8 Å². The monoisotopic (exact) mass is 506 g/mol. The molecule has 30 heavy (non-hydrogen) atoms. The molecule has 0 spiro atoms. The fourth-order valence-electron chi connectivity index (χ4n) is 2.88. The van der Waals surface area contributed by atoms with Crippen molar-refractivity contribution >= 4 is 62.8 Å². The number of nitrogens with one attached hydrogen (secondary N) is 2. The maximum absolute atomic E-state index is 12.0. The summed E-state index contributed by atoms with van der Waals surface area (Å²) in [4.78, 5) is 24.0. The van der Waals surface area contributed by atoms with Crippen molar-refractivity contribution in [3.63, 3.8) is 0 Å². The molecule has 3 rings (SSSR count). The number of anilines is 1. The summed E-state index contributed by atoms with van der Waals surface area (Å²) >= 11 is 15.2. The fraction of sp³-hybridized carbons (Fsp3) is 0.0952. The van der Waals surface area contributed by atoms with Gasteiger partial charge in [-0.3, -0.25) is 9.59 Å². The van der Waals surface area contributed by atoms with Gasteiger partial charge in [-0.2, -0.15) is 5.10 Å². The van der Waals surface area contributed by atoms with Crippen molar-refractivity contribution in [3.05, 3.63) is 80.0 Å². The van der Waals surface area contributed by atoms with Crippen LogP contribution in [0.5, 0.6) is 0 Å². The second-order valence-electron chi connectivity index (χ2n) is 6.42. The molecule has 0 saturated heterocycles. The molecule has 0 radical (unpaired) electrons. The highest BCUT2D eigenvalue weighted by molar-refractivity contribution is 9.10. The summed E-state index contributed by atoms with van der Waals surface area (Å²) in [7, 11) is 0. The zero-order valence-corrected chi connectivity index (χ0v) is 19.1. The molecule has 6 nitrogen and oxygen atoms in total. The Morgan fingerprint density at radius 3 is 2.37 bits per heavy atom. The molecule has 9 heteroatoms. The minimum absolute atomic E-state index is 0.272. The van der Waals surface area contributed by atoms with Crippen LogP contribution in [0.3, 0.4) is 0 Å². The number of benzene rings is 2. The summed E-state index contributed by atoms with van der Waals surface area (Å²) in [6.07, 6.45) is 1.50. The second-order valence-corrected chi connectivity index (χ2v) is 8.15. The average molecular weight is 508 g/mol. The third kappa shape index (κ3) is 5.11. The zero-order valence-electron chi connectivity index (χ0n) is 16.0. The van der Waals surface area contributed by atoms with E-state index in [0.717, 1.165) is 27.1 Å². The molecule has 2 aromatic carbocycles. The molecular weight excluding hydrogens is 491 g/mol. The van der Waals surface area contributed by atoms with Crippen LogP contribution < -0.4 is 10.7 Å². The number of hydrazone groups is 1. The van der Waals surface area contributed by atoms with Gasteiger partial charge in [-0.1, -0.05) is 39.1 Å². The molecule has 1 aromatic heterocycles. The second kappa shape index (κ2) is 9.47. The van der Waals surface area contributed by atoms with Gasteiger partial charge in [0.05, 0.1) is 16.3 Å². The molecule has 0 bridgehead atoms.